The quantitative estimate of drug-likeness (QED) is 0.766. The van der Waals surface area contributed by atoms with Crippen LogP contribution in [0.4, 0.5) is 4.39 Å². The van der Waals surface area contributed by atoms with E-state index in [9.17, 15) is 9.18 Å². The predicted octanol–water partition coefficient (Wildman–Crippen LogP) is 3.33. The fraction of sp³-hybridized carbons (Fsp3) is 0.300. The largest absolute Gasteiger partial charge is 0.342 e. The van der Waals surface area contributed by atoms with Gasteiger partial charge in [-0.2, -0.15) is 0 Å². The molecule has 15 heavy (non-hydrogen) atoms. The van der Waals surface area contributed by atoms with Gasteiger partial charge in [-0.1, -0.05) is 11.6 Å². The van der Waals surface area contributed by atoms with Gasteiger partial charge in [0.25, 0.3) is 5.91 Å². The summed E-state index contributed by atoms with van der Waals surface area (Å²) in [5.74, 6) is -0.958. The number of carbonyl (C=O) groups is 1. The molecule has 0 radical (unpaired) electrons. The summed E-state index contributed by atoms with van der Waals surface area (Å²) in [4.78, 5) is 13.1. The molecule has 0 N–H and O–H groups in total. The van der Waals surface area contributed by atoms with Crippen LogP contribution in [0.25, 0.3) is 0 Å². The minimum Gasteiger partial charge on any atom is -0.342 e. The molecule has 0 spiro atoms. The van der Waals surface area contributed by atoms with E-state index in [2.05, 4.69) is 15.9 Å². The fourth-order valence-corrected chi connectivity index (χ4v) is 1.53. The van der Waals surface area contributed by atoms with E-state index in [1.54, 1.807) is 7.05 Å². The van der Waals surface area contributed by atoms with E-state index in [1.165, 1.54) is 11.0 Å². The Balaban J connectivity index is 3.15. The molecule has 1 aromatic rings. The smallest absolute Gasteiger partial charge is 0.256 e. The van der Waals surface area contributed by atoms with Crippen molar-refractivity contribution in [2.75, 3.05) is 13.6 Å². The molecule has 0 bridgehead atoms. The molecule has 0 aliphatic rings. The molecule has 0 unspecified atom stereocenters. The molecule has 1 rings (SSSR count). The highest BCUT2D eigenvalue weighted by molar-refractivity contribution is 9.10. The Hall–Kier alpha value is -0.610. The number of hydrogen-bond acceptors (Lipinski definition) is 1. The molecule has 0 fully saturated rings. The molecule has 0 saturated carbocycles. The maximum absolute atomic E-state index is 13.4. The number of carbonyl (C=O) groups excluding carboxylic acids is 1. The Labute approximate surface area is 101 Å². The van der Waals surface area contributed by atoms with Crippen molar-refractivity contribution in [3.63, 3.8) is 0 Å². The zero-order valence-corrected chi connectivity index (χ0v) is 10.7. The van der Waals surface area contributed by atoms with Gasteiger partial charge in [0.15, 0.2) is 0 Å². The van der Waals surface area contributed by atoms with Crippen molar-refractivity contribution >= 4 is 33.4 Å². The first kappa shape index (κ1) is 12.5. The number of benzene rings is 1. The second kappa shape index (κ2) is 4.94. The molecule has 0 aromatic heterocycles. The summed E-state index contributed by atoms with van der Waals surface area (Å²) in [5.41, 5.74) is 0.0237. The number of halogens is 3. The van der Waals surface area contributed by atoms with Crippen molar-refractivity contribution in [3.05, 3.63) is 33.0 Å². The summed E-state index contributed by atoms with van der Waals surface area (Å²) in [6, 6.07) is 2.52. The van der Waals surface area contributed by atoms with Crippen LogP contribution in [0.1, 0.15) is 17.3 Å². The zero-order chi connectivity index (χ0) is 11.6. The standard InChI is InChI=1S/C10H10BrClFNO/c1-3-14(2)10(15)6-4-7(11)8(12)5-9(6)13/h4-5H,3H2,1-2H3. The molecule has 0 heterocycles. The van der Waals surface area contributed by atoms with Crippen LogP contribution in [0.2, 0.25) is 5.02 Å². The van der Waals surface area contributed by atoms with E-state index in [1.807, 2.05) is 6.92 Å². The monoisotopic (exact) mass is 293 g/mol. The average Bonchev–Trinajstić information content (AvgIpc) is 2.21. The van der Waals surface area contributed by atoms with E-state index in [0.29, 0.717) is 11.0 Å². The second-order valence-corrected chi connectivity index (χ2v) is 4.33. The van der Waals surface area contributed by atoms with Gasteiger partial charge in [-0.25, -0.2) is 4.39 Å². The lowest BCUT2D eigenvalue weighted by atomic mass is 10.2. The van der Waals surface area contributed by atoms with Crippen molar-refractivity contribution in [2.24, 2.45) is 0 Å². The first-order chi connectivity index (χ1) is 6.97. The number of nitrogens with zero attached hydrogens (tertiary/aromatic N) is 1. The summed E-state index contributed by atoms with van der Waals surface area (Å²) >= 11 is 8.84. The number of amides is 1. The Bertz CT molecular complexity index is 397. The Kier molecular flexibility index (Phi) is 4.11. The highest BCUT2D eigenvalue weighted by Gasteiger charge is 2.16. The predicted molar refractivity (Wildman–Crippen MR) is 61.7 cm³/mol. The summed E-state index contributed by atoms with van der Waals surface area (Å²) < 4.78 is 13.9. The van der Waals surface area contributed by atoms with Crippen molar-refractivity contribution in [1.29, 1.82) is 0 Å². The van der Waals surface area contributed by atoms with Gasteiger partial charge in [0, 0.05) is 18.1 Å². The zero-order valence-electron chi connectivity index (χ0n) is 8.35. The van der Waals surface area contributed by atoms with Gasteiger partial charge >= 0.3 is 0 Å². The van der Waals surface area contributed by atoms with Crippen LogP contribution in [0.5, 0.6) is 0 Å². The summed E-state index contributed by atoms with van der Waals surface area (Å²) in [5, 5.41) is 0.253. The maximum Gasteiger partial charge on any atom is 0.256 e. The van der Waals surface area contributed by atoms with Crippen LogP contribution in [-0.2, 0) is 0 Å². The van der Waals surface area contributed by atoms with E-state index in [4.69, 9.17) is 11.6 Å². The van der Waals surface area contributed by atoms with Gasteiger partial charge in [0.05, 0.1) is 10.6 Å². The minimum atomic E-state index is -0.603. The van der Waals surface area contributed by atoms with Crippen molar-refractivity contribution < 1.29 is 9.18 Å². The third kappa shape index (κ3) is 2.69. The van der Waals surface area contributed by atoms with Crippen molar-refractivity contribution in [1.82, 2.24) is 4.90 Å². The molecular formula is C10H10BrClFNO. The highest BCUT2D eigenvalue weighted by atomic mass is 79.9. The minimum absolute atomic E-state index is 0.0237. The van der Waals surface area contributed by atoms with Crippen LogP contribution in [0, 0.1) is 5.82 Å². The van der Waals surface area contributed by atoms with Crippen LogP contribution in [-0.4, -0.2) is 24.4 Å². The third-order valence-electron chi connectivity index (χ3n) is 2.06. The Morgan fingerprint density at radius 1 is 1.60 bits per heavy atom. The van der Waals surface area contributed by atoms with Gasteiger partial charge in [-0.15, -0.1) is 0 Å². The van der Waals surface area contributed by atoms with Gasteiger partial charge in [0.1, 0.15) is 5.82 Å². The molecule has 82 valence electrons. The summed E-state index contributed by atoms with van der Waals surface area (Å²) in [6.07, 6.45) is 0. The van der Waals surface area contributed by atoms with Crippen LogP contribution in [0.15, 0.2) is 16.6 Å². The molecule has 5 heteroatoms. The fourth-order valence-electron chi connectivity index (χ4n) is 1.04. The Morgan fingerprint density at radius 3 is 2.73 bits per heavy atom. The van der Waals surface area contributed by atoms with Gasteiger partial charge in [-0.3, -0.25) is 4.79 Å². The number of rotatable bonds is 2. The first-order valence-electron chi connectivity index (χ1n) is 4.37. The number of hydrogen-bond donors (Lipinski definition) is 0. The molecule has 0 aliphatic carbocycles. The average molecular weight is 295 g/mol. The van der Waals surface area contributed by atoms with Gasteiger partial charge < -0.3 is 4.90 Å². The van der Waals surface area contributed by atoms with Crippen molar-refractivity contribution in [3.8, 4) is 0 Å². The molecule has 0 saturated heterocycles. The molecule has 0 aliphatic heterocycles. The van der Waals surface area contributed by atoms with Gasteiger partial charge in [-0.05, 0) is 35.0 Å². The first-order valence-corrected chi connectivity index (χ1v) is 5.54. The molecule has 0 atom stereocenters. The topological polar surface area (TPSA) is 20.3 Å². The van der Waals surface area contributed by atoms with E-state index in [-0.39, 0.29) is 16.5 Å². The lowest BCUT2D eigenvalue weighted by Gasteiger charge is -2.15. The summed E-state index contributed by atoms with van der Waals surface area (Å²) in [6.45, 7) is 2.35. The highest BCUT2D eigenvalue weighted by Crippen LogP contribution is 2.26. The van der Waals surface area contributed by atoms with Crippen molar-refractivity contribution in [2.45, 2.75) is 6.92 Å². The second-order valence-electron chi connectivity index (χ2n) is 3.07. The maximum atomic E-state index is 13.4. The van der Waals surface area contributed by atoms with E-state index in [0.717, 1.165) is 6.07 Å². The van der Waals surface area contributed by atoms with Crippen LogP contribution in [0.3, 0.4) is 0 Å². The molecule has 1 aromatic carbocycles. The van der Waals surface area contributed by atoms with E-state index < -0.39 is 5.82 Å². The van der Waals surface area contributed by atoms with Gasteiger partial charge in [0.2, 0.25) is 0 Å². The Morgan fingerprint density at radius 2 is 2.20 bits per heavy atom. The van der Waals surface area contributed by atoms with Crippen LogP contribution >= 0.6 is 27.5 Å². The molecule has 2 nitrogen and oxygen atoms in total. The lowest BCUT2D eigenvalue weighted by molar-refractivity contribution is 0.0798. The third-order valence-corrected chi connectivity index (χ3v) is 3.26. The SMILES string of the molecule is CCN(C)C(=O)c1cc(Br)c(Cl)cc1F. The normalized spacial score (nSPS) is 10.2. The molecule has 1 amide bonds. The summed E-state index contributed by atoms with van der Waals surface area (Å²) in [7, 11) is 1.62. The molecular weight excluding hydrogens is 284 g/mol. The van der Waals surface area contributed by atoms with Crippen LogP contribution < -0.4 is 0 Å². The lowest BCUT2D eigenvalue weighted by Crippen LogP contribution is -2.27. The van der Waals surface area contributed by atoms with E-state index >= 15 is 0 Å².